The number of nitrogens with two attached hydrogens (primary N) is 1. The Kier molecular flexibility index (Phi) is 3.72. The Bertz CT molecular complexity index is 1140. The number of fused-ring (bicyclic) bond motifs is 5. The highest BCUT2D eigenvalue weighted by atomic mass is 16.5. The molecule has 0 saturated carbocycles. The highest BCUT2D eigenvalue weighted by Crippen LogP contribution is 2.34. The lowest BCUT2D eigenvalue weighted by Gasteiger charge is -2.23. The summed E-state index contributed by atoms with van der Waals surface area (Å²) in [5.41, 5.74) is 9.90. The van der Waals surface area contributed by atoms with Crippen LogP contribution in [0.25, 0.3) is 21.9 Å². The third-order valence-corrected chi connectivity index (χ3v) is 4.97. The smallest absolute Gasteiger partial charge is 0.152 e. The number of imidazole rings is 1. The van der Waals surface area contributed by atoms with Gasteiger partial charge in [0.2, 0.25) is 0 Å². The van der Waals surface area contributed by atoms with Gasteiger partial charge in [0, 0.05) is 5.39 Å². The van der Waals surface area contributed by atoms with Crippen molar-refractivity contribution in [2.75, 3.05) is 12.3 Å². The summed E-state index contributed by atoms with van der Waals surface area (Å²) in [4.78, 5) is 9.22. The number of nitrogens with zero attached hydrogens (tertiary/aromatic N) is 3. The number of rotatable bonds is 3. The van der Waals surface area contributed by atoms with Crippen LogP contribution in [0.5, 0.6) is 5.75 Å². The topological polar surface area (TPSA) is 75.2 Å². The molecule has 1 aliphatic heterocycles. The van der Waals surface area contributed by atoms with E-state index in [4.69, 9.17) is 15.2 Å². The molecule has 6 heteroatoms. The molecule has 0 saturated heterocycles. The van der Waals surface area contributed by atoms with Crippen LogP contribution in [0, 0.1) is 0 Å². The molecular formula is C21H20N4O2. The van der Waals surface area contributed by atoms with E-state index in [1.165, 1.54) is 0 Å². The van der Waals surface area contributed by atoms with Crippen LogP contribution in [-0.2, 0) is 18.0 Å². The van der Waals surface area contributed by atoms with Crippen LogP contribution in [0.3, 0.4) is 0 Å². The average molecular weight is 360 g/mol. The van der Waals surface area contributed by atoms with E-state index in [2.05, 4.69) is 33.6 Å². The summed E-state index contributed by atoms with van der Waals surface area (Å²) < 4.78 is 13.9. The largest absolute Gasteiger partial charge is 0.489 e. The minimum absolute atomic E-state index is 0.192. The Hall–Kier alpha value is -3.12. The van der Waals surface area contributed by atoms with Gasteiger partial charge < -0.3 is 19.8 Å². The summed E-state index contributed by atoms with van der Waals surface area (Å²) in [7, 11) is 0. The first kappa shape index (κ1) is 16.1. The van der Waals surface area contributed by atoms with Crippen LogP contribution < -0.4 is 10.5 Å². The van der Waals surface area contributed by atoms with E-state index in [1.54, 1.807) is 0 Å². The van der Waals surface area contributed by atoms with E-state index >= 15 is 0 Å². The lowest BCUT2D eigenvalue weighted by molar-refractivity contribution is 0.0622. The number of aromatic nitrogens is 3. The van der Waals surface area contributed by atoms with E-state index in [-0.39, 0.29) is 6.04 Å². The van der Waals surface area contributed by atoms with Gasteiger partial charge in [-0.1, -0.05) is 30.3 Å². The van der Waals surface area contributed by atoms with Gasteiger partial charge in [-0.25, -0.2) is 9.97 Å². The zero-order chi connectivity index (χ0) is 18.4. The first-order chi connectivity index (χ1) is 13.2. The summed E-state index contributed by atoms with van der Waals surface area (Å²) in [5.74, 6) is 2.14. The normalized spacial score (nSPS) is 16.6. The number of pyridine rings is 1. The minimum Gasteiger partial charge on any atom is -0.489 e. The van der Waals surface area contributed by atoms with Crippen molar-refractivity contribution in [3.05, 3.63) is 59.9 Å². The molecule has 0 bridgehead atoms. The third kappa shape index (κ3) is 2.69. The van der Waals surface area contributed by atoms with Crippen LogP contribution in [0.2, 0.25) is 0 Å². The Morgan fingerprint density at radius 3 is 2.89 bits per heavy atom. The van der Waals surface area contributed by atoms with Crippen LogP contribution in [0.1, 0.15) is 24.4 Å². The van der Waals surface area contributed by atoms with Crippen molar-refractivity contribution in [1.29, 1.82) is 0 Å². The fraction of sp³-hybridized carbons (Fsp3) is 0.238. The molecule has 3 heterocycles. The molecular weight excluding hydrogens is 340 g/mol. The Morgan fingerprint density at radius 2 is 2.04 bits per heavy atom. The predicted molar refractivity (Wildman–Crippen MR) is 105 cm³/mol. The quantitative estimate of drug-likeness (QED) is 0.601. The van der Waals surface area contributed by atoms with E-state index < -0.39 is 0 Å². The van der Waals surface area contributed by atoms with Gasteiger partial charge in [0.05, 0.1) is 23.7 Å². The number of benzene rings is 2. The summed E-state index contributed by atoms with van der Waals surface area (Å²) in [6.45, 7) is 3.80. The first-order valence-electron chi connectivity index (χ1n) is 9.05. The van der Waals surface area contributed by atoms with Gasteiger partial charge in [0.15, 0.2) is 5.82 Å². The molecule has 1 aliphatic rings. The van der Waals surface area contributed by atoms with Crippen molar-refractivity contribution in [1.82, 2.24) is 14.5 Å². The summed E-state index contributed by atoms with van der Waals surface area (Å²) in [6.07, 6.45) is 0. The van der Waals surface area contributed by atoms with E-state index in [0.717, 1.165) is 39.1 Å². The average Bonchev–Trinajstić information content (AvgIpc) is 3.09. The highest BCUT2D eigenvalue weighted by Gasteiger charge is 2.24. The number of hydrogen-bond donors (Lipinski definition) is 1. The Balaban J connectivity index is 1.63. The molecule has 2 N–H and O–H groups in total. The summed E-state index contributed by atoms with van der Waals surface area (Å²) in [5, 5.41) is 0.997. The van der Waals surface area contributed by atoms with E-state index in [0.29, 0.717) is 25.6 Å². The predicted octanol–water partition coefficient (Wildman–Crippen LogP) is 3.84. The molecule has 5 rings (SSSR count). The number of anilines is 1. The molecule has 4 aromatic rings. The van der Waals surface area contributed by atoms with Gasteiger partial charge in [-0.2, -0.15) is 0 Å². The van der Waals surface area contributed by atoms with Gasteiger partial charge >= 0.3 is 0 Å². The molecule has 136 valence electrons. The van der Waals surface area contributed by atoms with Crippen molar-refractivity contribution in [3.8, 4) is 5.75 Å². The highest BCUT2D eigenvalue weighted by molar-refractivity contribution is 6.07. The summed E-state index contributed by atoms with van der Waals surface area (Å²) in [6, 6.07) is 16.2. The molecule has 0 spiro atoms. The maximum atomic E-state index is 6.19. The number of hydrogen-bond acceptors (Lipinski definition) is 5. The van der Waals surface area contributed by atoms with Crippen molar-refractivity contribution in [2.45, 2.75) is 26.2 Å². The second kappa shape index (κ2) is 6.25. The lowest BCUT2D eigenvalue weighted by atomic mass is 10.1. The van der Waals surface area contributed by atoms with E-state index in [1.807, 2.05) is 36.4 Å². The molecule has 0 fully saturated rings. The lowest BCUT2D eigenvalue weighted by Crippen LogP contribution is -2.21. The monoisotopic (exact) mass is 360 g/mol. The van der Waals surface area contributed by atoms with Crippen molar-refractivity contribution >= 4 is 27.8 Å². The Morgan fingerprint density at radius 1 is 1.19 bits per heavy atom. The zero-order valence-corrected chi connectivity index (χ0v) is 15.1. The maximum absolute atomic E-state index is 6.19. The van der Waals surface area contributed by atoms with Gasteiger partial charge in [0.25, 0.3) is 0 Å². The fourth-order valence-corrected chi connectivity index (χ4v) is 3.70. The van der Waals surface area contributed by atoms with E-state index in [9.17, 15) is 0 Å². The van der Waals surface area contributed by atoms with Crippen molar-refractivity contribution in [2.24, 2.45) is 0 Å². The van der Waals surface area contributed by atoms with Crippen LogP contribution >= 0.6 is 0 Å². The zero-order valence-electron chi connectivity index (χ0n) is 15.1. The van der Waals surface area contributed by atoms with Gasteiger partial charge in [-0.05, 0) is 30.7 Å². The SMILES string of the molecule is C[C@@H]1COCc2nc3c(N)nc4ccc(OCc5ccccc5)cc4c3n21. The first-order valence-corrected chi connectivity index (χ1v) is 9.05. The number of nitrogen functional groups attached to an aromatic ring is 1. The molecule has 1 atom stereocenters. The molecule has 0 amide bonds. The Labute approximate surface area is 156 Å². The van der Waals surface area contributed by atoms with Gasteiger partial charge in [0.1, 0.15) is 30.3 Å². The fourth-order valence-electron chi connectivity index (χ4n) is 3.70. The maximum Gasteiger partial charge on any atom is 0.152 e. The molecule has 0 unspecified atom stereocenters. The minimum atomic E-state index is 0.192. The second-order valence-electron chi connectivity index (χ2n) is 6.91. The standard InChI is InChI=1S/C21H20N4O2/c1-13-10-26-12-18-24-19-20(25(13)18)16-9-15(7-8-17(16)23-21(19)22)27-11-14-5-3-2-4-6-14/h2-9,13H,10-12H2,1H3,(H2,22,23)/t13-/m1/s1. The van der Waals surface area contributed by atoms with Crippen LogP contribution in [0.4, 0.5) is 5.82 Å². The molecule has 0 aliphatic carbocycles. The summed E-state index contributed by atoms with van der Waals surface area (Å²) >= 11 is 0. The number of ether oxygens (including phenoxy) is 2. The molecule has 2 aromatic carbocycles. The van der Waals surface area contributed by atoms with Crippen molar-refractivity contribution in [3.63, 3.8) is 0 Å². The molecule has 2 aromatic heterocycles. The second-order valence-corrected chi connectivity index (χ2v) is 6.91. The van der Waals surface area contributed by atoms with Crippen LogP contribution in [-0.4, -0.2) is 21.1 Å². The molecule has 6 nitrogen and oxygen atoms in total. The third-order valence-electron chi connectivity index (χ3n) is 4.97. The molecule has 0 radical (unpaired) electrons. The van der Waals surface area contributed by atoms with Gasteiger partial charge in [-0.15, -0.1) is 0 Å². The van der Waals surface area contributed by atoms with Gasteiger partial charge in [-0.3, -0.25) is 0 Å². The van der Waals surface area contributed by atoms with Crippen molar-refractivity contribution < 1.29 is 9.47 Å². The van der Waals surface area contributed by atoms with Crippen LogP contribution in [0.15, 0.2) is 48.5 Å². The molecule has 27 heavy (non-hydrogen) atoms.